The summed E-state index contributed by atoms with van der Waals surface area (Å²) in [6.45, 7) is 0. The highest BCUT2D eigenvalue weighted by molar-refractivity contribution is 7.80. The van der Waals surface area contributed by atoms with E-state index in [1.54, 1.807) is 24.3 Å². The van der Waals surface area contributed by atoms with Crippen LogP contribution in [0.3, 0.4) is 0 Å². The number of hydrogen-bond donors (Lipinski definition) is 2. The van der Waals surface area contributed by atoms with Gasteiger partial charge in [0.25, 0.3) is 0 Å². The minimum absolute atomic E-state index is 0.00163. The van der Waals surface area contributed by atoms with E-state index in [2.05, 4.69) is 10.6 Å². The number of carbonyl (C=O) groups is 1. The van der Waals surface area contributed by atoms with Gasteiger partial charge in [0.2, 0.25) is 0 Å². The maximum Gasteiger partial charge on any atom is 0.186 e. The Hall–Kier alpha value is -1.62. The summed E-state index contributed by atoms with van der Waals surface area (Å²) in [4.78, 5) is 12.8. The highest BCUT2D eigenvalue weighted by atomic mass is 35.5. The van der Waals surface area contributed by atoms with Gasteiger partial charge in [-0.1, -0.05) is 47.5 Å². The lowest BCUT2D eigenvalue weighted by molar-refractivity contribution is -0.123. The molecule has 3 rings (SSSR count). The number of nitrogens with one attached hydrogen (secondary N) is 2. The summed E-state index contributed by atoms with van der Waals surface area (Å²) < 4.78 is 0. The van der Waals surface area contributed by atoms with Crippen molar-refractivity contribution in [1.29, 1.82) is 0 Å². The molecular weight excluding hydrogens is 339 g/mol. The van der Waals surface area contributed by atoms with Crippen LogP contribution in [0.5, 0.6) is 0 Å². The molecule has 0 aliphatic carbocycles. The molecule has 0 radical (unpaired) electrons. The zero-order valence-electron chi connectivity index (χ0n) is 11.3. The molecule has 0 bridgehead atoms. The average molecular weight is 351 g/mol. The molecule has 2 atom stereocenters. The van der Waals surface area contributed by atoms with E-state index in [4.69, 9.17) is 35.4 Å². The molecule has 1 fully saturated rings. The first-order chi connectivity index (χ1) is 10.5. The highest BCUT2D eigenvalue weighted by Gasteiger charge is 2.34. The van der Waals surface area contributed by atoms with Crippen molar-refractivity contribution in [3.05, 3.63) is 69.7 Å². The molecule has 0 amide bonds. The number of ketones is 1. The molecule has 1 saturated heterocycles. The minimum Gasteiger partial charge on any atom is -0.349 e. The molecule has 6 heteroatoms. The Morgan fingerprint density at radius 1 is 0.773 bits per heavy atom. The van der Waals surface area contributed by atoms with Gasteiger partial charge in [0.15, 0.2) is 10.9 Å². The van der Waals surface area contributed by atoms with Gasteiger partial charge >= 0.3 is 0 Å². The Morgan fingerprint density at radius 2 is 1.14 bits per heavy atom. The monoisotopic (exact) mass is 350 g/mol. The number of rotatable bonds is 2. The first-order valence-corrected chi connectivity index (χ1v) is 7.83. The first-order valence-electron chi connectivity index (χ1n) is 6.66. The number of Topliss-reactive ketones (excluding diaryl/α,β-unsaturated/α-hetero) is 1. The van der Waals surface area contributed by atoms with E-state index in [0.717, 1.165) is 11.1 Å². The summed E-state index contributed by atoms with van der Waals surface area (Å²) >= 11 is 17.0. The van der Waals surface area contributed by atoms with E-state index in [0.29, 0.717) is 15.2 Å². The molecule has 0 saturated carbocycles. The lowest BCUT2D eigenvalue weighted by atomic mass is 9.92. The average Bonchev–Trinajstić information content (AvgIpc) is 2.51. The largest absolute Gasteiger partial charge is 0.349 e. The van der Waals surface area contributed by atoms with Crippen LogP contribution in [0.4, 0.5) is 0 Å². The van der Waals surface area contributed by atoms with Gasteiger partial charge in [-0.2, -0.15) is 0 Å². The lowest BCUT2D eigenvalue weighted by Gasteiger charge is -2.32. The summed E-state index contributed by atoms with van der Waals surface area (Å²) in [6, 6.07) is 13.3. The second-order valence-corrected chi connectivity index (χ2v) is 6.27. The minimum atomic E-state index is -0.494. The fourth-order valence-electron chi connectivity index (χ4n) is 2.42. The van der Waals surface area contributed by atoms with E-state index in [1.807, 2.05) is 24.3 Å². The topological polar surface area (TPSA) is 41.1 Å². The molecule has 2 aromatic carbocycles. The van der Waals surface area contributed by atoms with Crippen molar-refractivity contribution in [3.63, 3.8) is 0 Å². The summed E-state index contributed by atoms with van der Waals surface area (Å²) in [5.74, 6) is -0.00163. The van der Waals surface area contributed by atoms with Crippen LogP contribution >= 0.6 is 35.4 Å². The van der Waals surface area contributed by atoms with Gasteiger partial charge in [0.05, 0.1) is 0 Å². The van der Waals surface area contributed by atoms with Crippen LogP contribution in [0.1, 0.15) is 23.2 Å². The Labute approximate surface area is 143 Å². The van der Waals surface area contributed by atoms with Gasteiger partial charge in [-0.25, -0.2) is 0 Å². The Kier molecular flexibility index (Phi) is 4.34. The van der Waals surface area contributed by atoms with Crippen molar-refractivity contribution in [2.75, 3.05) is 0 Å². The smallest absolute Gasteiger partial charge is 0.186 e. The number of carbonyl (C=O) groups excluding carboxylic acids is 1. The molecule has 2 aromatic rings. The van der Waals surface area contributed by atoms with Crippen molar-refractivity contribution in [2.24, 2.45) is 0 Å². The predicted molar refractivity (Wildman–Crippen MR) is 92.3 cm³/mol. The van der Waals surface area contributed by atoms with Crippen molar-refractivity contribution >= 4 is 46.3 Å². The van der Waals surface area contributed by atoms with Gasteiger partial charge in [0.1, 0.15) is 12.1 Å². The number of hydrogen-bond acceptors (Lipinski definition) is 2. The lowest BCUT2D eigenvalue weighted by Crippen LogP contribution is -2.52. The molecule has 0 spiro atoms. The second-order valence-electron chi connectivity index (χ2n) is 4.99. The van der Waals surface area contributed by atoms with E-state index in [9.17, 15) is 4.79 Å². The highest BCUT2D eigenvalue weighted by Crippen LogP contribution is 2.28. The van der Waals surface area contributed by atoms with Crippen molar-refractivity contribution in [2.45, 2.75) is 12.1 Å². The molecule has 2 N–H and O–H groups in total. The molecule has 2 unspecified atom stereocenters. The SMILES string of the molecule is O=C1C(c2ccc(Cl)cc2)NC(=S)NC1c1ccc(Cl)cc1. The van der Waals surface area contributed by atoms with Gasteiger partial charge in [0, 0.05) is 10.0 Å². The fraction of sp³-hybridized carbons (Fsp3) is 0.125. The third-order valence-electron chi connectivity index (χ3n) is 3.53. The Balaban J connectivity index is 1.93. The number of halogens is 2. The molecule has 0 aromatic heterocycles. The van der Waals surface area contributed by atoms with Crippen molar-refractivity contribution in [3.8, 4) is 0 Å². The predicted octanol–water partition coefficient (Wildman–Crippen LogP) is 3.82. The number of thiocarbonyl (C=S) groups is 1. The van der Waals surface area contributed by atoms with Crippen molar-refractivity contribution in [1.82, 2.24) is 10.6 Å². The normalized spacial score (nSPS) is 21.2. The van der Waals surface area contributed by atoms with Crippen LogP contribution in [0.25, 0.3) is 0 Å². The van der Waals surface area contributed by atoms with Crippen LogP contribution < -0.4 is 10.6 Å². The molecule has 1 heterocycles. The zero-order valence-corrected chi connectivity index (χ0v) is 13.7. The summed E-state index contributed by atoms with van der Waals surface area (Å²) in [6.07, 6.45) is 0. The summed E-state index contributed by atoms with van der Waals surface area (Å²) in [5.41, 5.74) is 1.66. The summed E-state index contributed by atoms with van der Waals surface area (Å²) in [7, 11) is 0. The molecule has 112 valence electrons. The van der Waals surface area contributed by atoms with E-state index in [1.165, 1.54) is 0 Å². The third kappa shape index (κ3) is 3.09. The maximum absolute atomic E-state index is 12.8. The quantitative estimate of drug-likeness (QED) is 0.807. The zero-order chi connectivity index (χ0) is 15.7. The van der Waals surface area contributed by atoms with E-state index in [-0.39, 0.29) is 5.78 Å². The second kappa shape index (κ2) is 6.24. The van der Waals surface area contributed by atoms with Crippen LogP contribution in [-0.4, -0.2) is 10.9 Å². The summed E-state index contributed by atoms with van der Waals surface area (Å²) in [5, 5.41) is 7.73. The Morgan fingerprint density at radius 3 is 1.50 bits per heavy atom. The molecule has 22 heavy (non-hydrogen) atoms. The standard InChI is InChI=1S/C16H12Cl2N2OS/c17-11-5-1-9(2-6-11)13-15(21)14(20-16(22)19-13)10-3-7-12(18)8-4-10/h1-8,13-14H,(H2,19,20,22). The van der Waals surface area contributed by atoms with Gasteiger partial charge in [-0.15, -0.1) is 0 Å². The van der Waals surface area contributed by atoms with Gasteiger partial charge in [-0.3, -0.25) is 4.79 Å². The molecule has 3 nitrogen and oxygen atoms in total. The van der Waals surface area contributed by atoms with E-state index >= 15 is 0 Å². The van der Waals surface area contributed by atoms with Crippen LogP contribution in [0, 0.1) is 0 Å². The maximum atomic E-state index is 12.8. The van der Waals surface area contributed by atoms with Crippen LogP contribution in [0.15, 0.2) is 48.5 Å². The van der Waals surface area contributed by atoms with Gasteiger partial charge < -0.3 is 10.6 Å². The van der Waals surface area contributed by atoms with Crippen molar-refractivity contribution < 1.29 is 4.79 Å². The first kappa shape index (κ1) is 15.3. The fourth-order valence-corrected chi connectivity index (χ4v) is 2.91. The number of benzene rings is 2. The third-order valence-corrected chi connectivity index (χ3v) is 4.27. The van der Waals surface area contributed by atoms with E-state index < -0.39 is 12.1 Å². The Bertz CT molecular complexity index is 656. The molecule has 1 aliphatic heterocycles. The van der Waals surface area contributed by atoms with Crippen LogP contribution in [0.2, 0.25) is 10.0 Å². The van der Waals surface area contributed by atoms with Gasteiger partial charge in [-0.05, 0) is 47.6 Å². The molecular formula is C16H12Cl2N2OS. The molecule has 1 aliphatic rings. The van der Waals surface area contributed by atoms with Crippen LogP contribution in [-0.2, 0) is 4.79 Å².